The van der Waals surface area contributed by atoms with Gasteiger partial charge in [-0.2, -0.15) is 0 Å². The lowest BCUT2D eigenvalue weighted by Crippen LogP contribution is -2.67. The van der Waals surface area contributed by atoms with Crippen LogP contribution < -0.4 is 4.74 Å². The van der Waals surface area contributed by atoms with Gasteiger partial charge in [-0.3, -0.25) is 14.5 Å². The standard InChI is InChI=1S/C27H38N2O5Si/c1-17-14-19-22(29(5)6)23-21(25(28-33-23)32-16-18-12-10-9-11-13-18)24(31)27(19,20(30)15-17)34-35(7,8)26(2,3)4/h9-13,17,19,22H,14-16H2,1-8H3/t17?,19-,22-,27-/m0/s1. The zero-order valence-corrected chi connectivity index (χ0v) is 23.2. The van der Waals surface area contributed by atoms with Gasteiger partial charge < -0.3 is 13.7 Å². The Morgan fingerprint density at radius 3 is 2.43 bits per heavy atom. The molecule has 1 unspecified atom stereocenters. The van der Waals surface area contributed by atoms with Crippen molar-refractivity contribution < 1.29 is 23.3 Å². The Morgan fingerprint density at radius 1 is 1.17 bits per heavy atom. The first kappa shape index (κ1) is 25.8. The summed E-state index contributed by atoms with van der Waals surface area (Å²) >= 11 is 0. The molecule has 0 aliphatic heterocycles. The van der Waals surface area contributed by atoms with Gasteiger partial charge in [0, 0.05) is 12.3 Å². The molecule has 2 aromatic rings. The number of carbonyl (C=O) groups is 2. The Balaban J connectivity index is 1.85. The normalized spacial score (nSPS) is 27.1. The highest BCUT2D eigenvalue weighted by Crippen LogP contribution is 2.55. The van der Waals surface area contributed by atoms with Crippen LogP contribution in [0.15, 0.2) is 34.9 Å². The van der Waals surface area contributed by atoms with E-state index in [9.17, 15) is 9.59 Å². The van der Waals surface area contributed by atoms with Crippen molar-refractivity contribution in [2.24, 2.45) is 11.8 Å². The molecule has 2 aliphatic carbocycles. The summed E-state index contributed by atoms with van der Waals surface area (Å²) in [6.07, 6.45) is 1.01. The third kappa shape index (κ3) is 4.30. The van der Waals surface area contributed by atoms with Gasteiger partial charge in [-0.15, -0.1) is 0 Å². The number of rotatable bonds is 6. The summed E-state index contributed by atoms with van der Waals surface area (Å²) in [5.41, 5.74) is -0.365. The third-order valence-corrected chi connectivity index (χ3v) is 12.5. The number of aromatic nitrogens is 1. The molecule has 7 nitrogen and oxygen atoms in total. The molecule has 1 saturated carbocycles. The monoisotopic (exact) mass is 498 g/mol. The molecular weight excluding hydrogens is 460 g/mol. The minimum Gasteiger partial charge on any atom is -0.470 e. The van der Waals surface area contributed by atoms with E-state index in [1.807, 2.05) is 49.3 Å². The molecule has 8 heteroatoms. The summed E-state index contributed by atoms with van der Waals surface area (Å²) < 4.78 is 18.7. The van der Waals surface area contributed by atoms with Gasteiger partial charge in [0.2, 0.25) is 5.78 Å². The highest BCUT2D eigenvalue weighted by Gasteiger charge is 2.66. The zero-order chi connectivity index (χ0) is 25.8. The maximum absolute atomic E-state index is 14.4. The Morgan fingerprint density at radius 2 is 1.83 bits per heavy atom. The number of nitrogens with zero attached hydrogens (tertiary/aromatic N) is 2. The van der Waals surface area contributed by atoms with Crippen LogP contribution in [0.4, 0.5) is 0 Å². The molecule has 0 spiro atoms. The molecule has 2 aliphatic rings. The topological polar surface area (TPSA) is 81.9 Å². The predicted molar refractivity (Wildman–Crippen MR) is 136 cm³/mol. The van der Waals surface area contributed by atoms with Gasteiger partial charge in [-0.25, -0.2) is 0 Å². The molecule has 0 amide bonds. The van der Waals surface area contributed by atoms with Crippen LogP contribution in [-0.2, 0) is 15.8 Å². The lowest BCUT2D eigenvalue weighted by atomic mass is 9.61. The van der Waals surface area contributed by atoms with E-state index in [2.05, 4.69) is 45.9 Å². The molecule has 1 aromatic carbocycles. The van der Waals surface area contributed by atoms with E-state index in [4.69, 9.17) is 13.7 Å². The van der Waals surface area contributed by atoms with Crippen molar-refractivity contribution >= 4 is 19.9 Å². The van der Waals surface area contributed by atoms with E-state index in [1.165, 1.54) is 0 Å². The van der Waals surface area contributed by atoms with E-state index in [-0.39, 0.29) is 52.5 Å². The number of Topliss-reactive ketones (excluding diaryl/α,β-unsaturated/α-hetero) is 2. The maximum atomic E-state index is 14.4. The fourth-order valence-electron chi connectivity index (χ4n) is 5.22. The summed E-state index contributed by atoms with van der Waals surface area (Å²) in [7, 11) is 1.36. The van der Waals surface area contributed by atoms with Gasteiger partial charge >= 0.3 is 0 Å². The highest BCUT2D eigenvalue weighted by molar-refractivity contribution is 6.74. The van der Waals surface area contributed by atoms with Crippen molar-refractivity contribution in [3.63, 3.8) is 0 Å². The number of benzene rings is 1. The maximum Gasteiger partial charge on any atom is 0.265 e. The number of fused-ring (bicyclic) bond motifs is 2. The Kier molecular flexibility index (Phi) is 6.62. The number of hydrogen-bond donors (Lipinski definition) is 0. The molecule has 0 N–H and O–H groups in total. The molecule has 35 heavy (non-hydrogen) atoms. The van der Waals surface area contributed by atoms with Crippen LogP contribution >= 0.6 is 0 Å². The van der Waals surface area contributed by atoms with Crippen molar-refractivity contribution in [3.8, 4) is 5.88 Å². The number of ether oxygens (including phenoxy) is 1. The Bertz CT molecular complexity index is 1100. The average molecular weight is 499 g/mol. The summed E-state index contributed by atoms with van der Waals surface area (Å²) in [5.74, 6) is -0.117. The van der Waals surface area contributed by atoms with Gasteiger partial charge in [-0.1, -0.05) is 58.0 Å². The van der Waals surface area contributed by atoms with Crippen molar-refractivity contribution in [2.45, 2.75) is 76.9 Å². The lowest BCUT2D eigenvalue weighted by Gasteiger charge is -2.53. The molecule has 1 heterocycles. The van der Waals surface area contributed by atoms with Crippen LogP contribution in [0.3, 0.4) is 0 Å². The first-order chi connectivity index (χ1) is 16.3. The second kappa shape index (κ2) is 8.98. The number of ketones is 2. The Labute approximate surface area is 209 Å². The molecule has 4 rings (SSSR count). The SMILES string of the molecule is CC1CC(=O)[C@]2(O[Si](C)(C)C(C)(C)C)C(=O)c3c(OCc4ccccc4)noc3[C@@H](N(C)C)[C@@H]2C1. The van der Waals surface area contributed by atoms with Gasteiger partial charge in [-0.05, 0) is 55.3 Å². The van der Waals surface area contributed by atoms with Crippen LogP contribution in [0.5, 0.6) is 5.88 Å². The molecular formula is C27H38N2O5Si. The number of hydrogen-bond acceptors (Lipinski definition) is 7. The van der Waals surface area contributed by atoms with E-state index >= 15 is 0 Å². The van der Waals surface area contributed by atoms with Crippen LogP contribution in [0.2, 0.25) is 18.1 Å². The Hall–Kier alpha value is -2.29. The number of carbonyl (C=O) groups excluding carboxylic acids is 2. The zero-order valence-electron chi connectivity index (χ0n) is 22.2. The van der Waals surface area contributed by atoms with E-state index in [1.54, 1.807) is 0 Å². The first-order valence-electron chi connectivity index (χ1n) is 12.4. The van der Waals surface area contributed by atoms with E-state index < -0.39 is 13.9 Å². The smallest absolute Gasteiger partial charge is 0.265 e. The third-order valence-electron chi connectivity index (χ3n) is 8.02. The van der Waals surface area contributed by atoms with E-state index in [0.29, 0.717) is 18.6 Å². The van der Waals surface area contributed by atoms with Crippen LogP contribution in [0.25, 0.3) is 0 Å². The molecule has 190 valence electrons. The minimum absolute atomic E-state index is 0.129. The van der Waals surface area contributed by atoms with Gasteiger partial charge in [0.1, 0.15) is 12.2 Å². The summed E-state index contributed by atoms with van der Waals surface area (Å²) in [6, 6.07) is 9.35. The van der Waals surface area contributed by atoms with Crippen molar-refractivity contribution in [1.29, 1.82) is 0 Å². The lowest BCUT2D eigenvalue weighted by molar-refractivity contribution is -0.146. The molecule has 4 atom stereocenters. The van der Waals surface area contributed by atoms with Gasteiger partial charge in [0.25, 0.3) is 5.88 Å². The van der Waals surface area contributed by atoms with Gasteiger partial charge in [0.15, 0.2) is 25.5 Å². The highest BCUT2D eigenvalue weighted by atomic mass is 28.4. The molecule has 0 saturated heterocycles. The molecule has 0 radical (unpaired) electrons. The van der Waals surface area contributed by atoms with E-state index in [0.717, 1.165) is 5.56 Å². The molecule has 1 fully saturated rings. The quantitative estimate of drug-likeness (QED) is 0.388. The fraction of sp³-hybridized carbons (Fsp3) is 0.593. The van der Waals surface area contributed by atoms with Gasteiger partial charge in [0.05, 0.1) is 6.04 Å². The van der Waals surface area contributed by atoms with Crippen molar-refractivity contribution in [1.82, 2.24) is 10.1 Å². The summed E-state index contributed by atoms with van der Waals surface area (Å²) in [6.45, 7) is 12.9. The van der Waals surface area contributed by atoms with Crippen molar-refractivity contribution in [2.75, 3.05) is 14.1 Å². The second-order valence-corrected chi connectivity index (χ2v) is 16.6. The first-order valence-corrected chi connectivity index (χ1v) is 15.3. The summed E-state index contributed by atoms with van der Waals surface area (Å²) in [4.78, 5) is 30.4. The summed E-state index contributed by atoms with van der Waals surface area (Å²) in [5, 5.41) is 4.00. The van der Waals surface area contributed by atoms with Crippen LogP contribution in [-0.4, -0.2) is 49.6 Å². The molecule has 0 bridgehead atoms. The van der Waals surface area contributed by atoms with Crippen LogP contribution in [0, 0.1) is 11.8 Å². The van der Waals surface area contributed by atoms with Crippen molar-refractivity contribution in [3.05, 3.63) is 47.2 Å². The molecule has 1 aromatic heterocycles. The van der Waals surface area contributed by atoms with Crippen LogP contribution in [0.1, 0.15) is 68.3 Å². The average Bonchev–Trinajstić information content (AvgIpc) is 3.17. The minimum atomic E-state index is -2.52. The second-order valence-electron chi connectivity index (χ2n) is 11.9. The fourth-order valence-corrected chi connectivity index (χ4v) is 6.69. The largest absolute Gasteiger partial charge is 0.470 e. The predicted octanol–water partition coefficient (Wildman–Crippen LogP) is 5.43.